The predicted octanol–water partition coefficient (Wildman–Crippen LogP) is 4.26. The summed E-state index contributed by atoms with van der Waals surface area (Å²) in [6.45, 7) is 9.22. The lowest BCUT2D eigenvalue weighted by Gasteiger charge is -2.22. The van der Waals surface area contributed by atoms with Crippen molar-refractivity contribution in [3.8, 4) is 0 Å². The van der Waals surface area contributed by atoms with E-state index >= 15 is 0 Å². The molecule has 0 heterocycles. The molecule has 0 aliphatic heterocycles. The molecule has 19 heavy (non-hydrogen) atoms. The molecule has 0 amide bonds. The topological polar surface area (TPSA) is 26.3 Å². The van der Waals surface area contributed by atoms with Crippen LogP contribution in [0.2, 0.25) is 0 Å². The molecule has 0 atom stereocenters. The molecule has 1 aromatic carbocycles. The fraction of sp³-hybridized carbons (Fsp3) is 0.588. The van der Waals surface area contributed by atoms with Crippen molar-refractivity contribution in [2.45, 2.75) is 58.8 Å². The molecule has 0 aromatic heterocycles. The zero-order valence-corrected chi connectivity index (χ0v) is 12.7. The second-order valence-corrected chi connectivity index (χ2v) is 5.98. The van der Waals surface area contributed by atoms with Crippen molar-refractivity contribution in [3.05, 3.63) is 35.4 Å². The van der Waals surface area contributed by atoms with Gasteiger partial charge in [0.25, 0.3) is 0 Å². The van der Waals surface area contributed by atoms with Gasteiger partial charge in [0.15, 0.2) is 0 Å². The maximum Gasteiger partial charge on any atom is 0.305 e. The van der Waals surface area contributed by atoms with Crippen molar-refractivity contribution in [2.75, 3.05) is 6.61 Å². The van der Waals surface area contributed by atoms with Gasteiger partial charge in [0.05, 0.1) is 6.61 Å². The van der Waals surface area contributed by atoms with Crippen LogP contribution >= 0.6 is 0 Å². The van der Waals surface area contributed by atoms with E-state index in [0.29, 0.717) is 13.0 Å². The monoisotopic (exact) mass is 262 g/mol. The number of esters is 1. The van der Waals surface area contributed by atoms with Crippen LogP contribution in [0.4, 0.5) is 0 Å². The molecule has 0 saturated carbocycles. The van der Waals surface area contributed by atoms with Crippen LogP contribution in [0.1, 0.15) is 58.1 Å². The van der Waals surface area contributed by atoms with Gasteiger partial charge in [0.1, 0.15) is 0 Å². The average molecular weight is 262 g/mol. The van der Waals surface area contributed by atoms with Crippen molar-refractivity contribution >= 4 is 5.97 Å². The zero-order chi connectivity index (χ0) is 14.3. The van der Waals surface area contributed by atoms with E-state index in [0.717, 1.165) is 19.3 Å². The Morgan fingerprint density at radius 3 is 2.53 bits per heavy atom. The number of hydrogen-bond donors (Lipinski definition) is 0. The van der Waals surface area contributed by atoms with E-state index in [9.17, 15) is 4.79 Å². The molecular weight excluding hydrogens is 236 g/mol. The van der Waals surface area contributed by atoms with E-state index in [1.807, 2.05) is 6.92 Å². The number of ether oxygens (including phenoxy) is 1. The minimum atomic E-state index is -0.0740. The smallest absolute Gasteiger partial charge is 0.305 e. The molecule has 2 heteroatoms. The number of carbonyl (C=O) groups is 1. The molecule has 0 unspecified atom stereocenters. The molecule has 1 rings (SSSR count). The molecule has 0 aliphatic carbocycles. The van der Waals surface area contributed by atoms with Crippen LogP contribution in [0.15, 0.2) is 24.3 Å². The van der Waals surface area contributed by atoms with Crippen molar-refractivity contribution in [1.29, 1.82) is 0 Å². The third-order valence-corrected chi connectivity index (χ3v) is 3.12. The lowest BCUT2D eigenvalue weighted by Crippen LogP contribution is -2.14. The fourth-order valence-corrected chi connectivity index (χ4v) is 2.18. The third kappa shape index (κ3) is 5.46. The summed E-state index contributed by atoms with van der Waals surface area (Å²) in [4.78, 5) is 11.5. The average Bonchev–Trinajstić information content (AvgIpc) is 2.35. The first kappa shape index (κ1) is 15.7. The summed E-state index contributed by atoms with van der Waals surface area (Å²) in [5.74, 6) is -0.0740. The minimum Gasteiger partial charge on any atom is -0.466 e. The molecule has 0 N–H and O–H groups in total. The standard InChI is InChI=1S/C17H26O2/c1-5-13-19-16(18)12-8-10-14-9-6-7-11-15(14)17(2,3)4/h6-7,9,11H,5,8,10,12-13H2,1-4H3. The van der Waals surface area contributed by atoms with Gasteiger partial charge in [-0.25, -0.2) is 0 Å². The van der Waals surface area contributed by atoms with Crippen LogP contribution in [-0.2, 0) is 21.4 Å². The van der Waals surface area contributed by atoms with Gasteiger partial charge in [-0.1, -0.05) is 52.0 Å². The lowest BCUT2D eigenvalue weighted by atomic mass is 9.82. The second kappa shape index (κ2) is 7.32. The van der Waals surface area contributed by atoms with Gasteiger partial charge in [-0.15, -0.1) is 0 Å². The number of aryl methyl sites for hydroxylation is 1. The van der Waals surface area contributed by atoms with Crippen LogP contribution in [0.3, 0.4) is 0 Å². The molecule has 0 radical (unpaired) electrons. The molecule has 0 spiro atoms. The molecule has 0 aliphatic rings. The first-order valence-corrected chi connectivity index (χ1v) is 7.19. The van der Waals surface area contributed by atoms with Gasteiger partial charge in [0.2, 0.25) is 0 Å². The van der Waals surface area contributed by atoms with E-state index < -0.39 is 0 Å². The summed E-state index contributed by atoms with van der Waals surface area (Å²) in [7, 11) is 0. The molecule has 106 valence electrons. The summed E-state index contributed by atoms with van der Waals surface area (Å²) >= 11 is 0. The molecular formula is C17H26O2. The second-order valence-electron chi connectivity index (χ2n) is 5.98. The Hall–Kier alpha value is -1.31. The highest BCUT2D eigenvalue weighted by molar-refractivity contribution is 5.69. The maximum atomic E-state index is 11.5. The van der Waals surface area contributed by atoms with Gasteiger partial charge >= 0.3 is 5.97 Å². The Labute approximate surface area is 117 Å². The van der Waals surface area contributed by atoms with Crippen LogP contribution in [0, 0.1) is 0 Å². The number of rotatable bonds is 6. The predicted molar refractivity (Wildman–Crippen MR) is 79.3 cm³/mol. The number of hydrogen-bond acceptors (Lipinski definition) is 2. The number of benzene rings is 1. The van der Waals surface area contributed by atoms with Gasteiger partial charge < -0.3 is 4.74 Å². The molecule has 0 bridgehead atoms. The summed E-state index contributed by atoms with van der Waals surface area (Å²) in [6, 6.07) is 8.50. The van der Waals surface area contributed by atoms with Crippen LogP contribution in [0.5, 0.6) is 0 Å². The van der Waals surface area contributed by atoms with E-state index in [1.165, 1.54) is 11.1 Å². The Morgan fingerprint density at radius 1 is 1.21 bits per heavy atom. The van der Waals surface area contributed by atoms with Crippen molar-refractivity contribution in [3.63, 3.8) is 0 Å². The number of carbonyl (C=O) groups excluding carboxylic acids is 1. The Bertz CT molecular complexity index is 402. The highest BCUT2D eigenvalue weighted by atomic mass is 16.5. The fourth-order valence-electron chi connectivity index (χ4n) is 2.18. The van der Waals surface area contributed by atoms with Gasteiger partial charge in [-0.2, -0.15) is 0 Å². The minimum absolute atomic E-state index is 0.0740. The normalized spacial score (nSPS) is 11.4. The quantitative estimate of drug-likeness (QED) is 0.716. The SMILES string of the molecule is CCCOC(=O)CCCc1ccccc1C(C)(C)C. The summed E-state index contributed by atoms with van der Waals surface area (Å²) in [5, 5.41) is 0. The van der Waals surface area contributed by atoms with Crippen molar-refractivity contribution < 1.29 is 9.53 Å². The van der Waals surface area contributed by atoms with E-state index in [-0.39, 0.29) is 11.4 Å². The summed E-state index contributed by atoms with van der Waals surface area (Å²) < 4.78 is 5.09. The van der Waals surface area contributed by atoms with Gasteiger partial charge in [-0.05, 0) is 35.8 Å². The first-order chi connectivity index (χ1) is 8.95. The third-order valence-electron chi connectivity index (χ3n) is 3.12. The highest BCUT2D eigenvalue weighted by Gasteiger charge is 2.17. The van der Waals surface area contributed by atoms with Crippen molar-refractivity contribution in [1.82, 2.24) is 0 Å². The van der Waals surface area contributed by atoms with Gasteiger partial charge in [-0.3, -0.25) is 4.79 Å². The lowest BCUT2D eigenvalue weighted by molar-refractivity contribution is -0.143. The van der Waals surface area contributed by atoms with Gasteiger partial charge in [0, 0.05) is 6.42 Å². The van der Waals surface area contributed by atoms with Crippen LogP contribution in [-0.4, -0.2) is 12.6 Å². The van der Waals surface area contributed by atoms with E-state index in [1.54, 1.807) is 0 Å². The molecule has 1 aromatic rings. The van der Waals surface area contributed by atoms with E-state index in [2.05, 4.69) is 45.0 Å². The molecule has 0 saturated heterocycles. The maximum absolute atomic E-state index is 11.5. The van der Waals surface area contributed by atoms with E-state index in [4.69, 9.17) is 4.74 Å². The summed E-state index contributed by atoms with van der Waals surface area (Å²) in [6.07, 6.45) is 3.20. The summed E-state index contributed by atoms with van der Waals surface area (Å²) in [5.41, 5.74) is 2.87. The first-order valence-electron chi connectivity index (χ1n) is 7.19. The molecule has 0 fully saturated rings. The Kier molecular flexibility index (Phi) is 6.07. The van der Waals surface area contributed by atoms with Crippen LogP contribution in [0.25, 0.3) is 0 Å². The Morgan fingerprint density at radius 2 is 1.89 bits per heavy atom. The van der Waals surface area contributed by atoms with Crippen LogP contribution < -0.4 is 0 Å². The highest BCUT2D eigenvalue weighted by Crippen LogP contribution is 2.26. The Balaban J connectivity index is 2.52. The molecule has 2 nitrogen and oxygen atoms in total. The zero-order valence-electron chi connectivity index (χ0n) is 12.7. The largest absolute Gasteiger partial charge is 0.466 e. The van der Waals surface area contributed by atoms with Crippen molar-refractivity contribution in [2.24, 2.45) is 0 Å².